The molecular weight excluding hydrogens is 440 g/mol. The van der Waals surface area contributed by atoms with Gasteiger partial charge in [-0.2, -0.15) is 5.10 Å². The molecule has 1 fully saturated rings. The van der Waals surface area contributed by atoms with E-state index in [1.165, 1.54) is 11.9 Å². The number of hydrogen-bond donors (Lipinski definition) is 1. The van der Waals surface area contributed by atoms with Crippen molar-refractivity contribution in [2.75, 3.05) is 26.7 Å². The molecule has 4 aromatic rings. The SMILES string of the molecule is CCc1cc2c(cc1-c1cc(OC)c3ncnn3c1)[nH]c(=O)n2[C@@H]1CCCN(CCC(C)(C)C)C1. The number of H-pyrrole nitrogens is 1. The van der Waals surface area contributed by atoms with Gasteiger partial charge in [-0.1, -0.05) is 27.7 Å². The number of nitrogens with one attached hydrogen (secondary N) is 1. The summed E-state index contributed by atoms with van der Waals surface area (Å²) in [5.74, 6) is 0.672. The zero-order chi connectivity index (χ0) is 24.7. The molecule has 1 atom stereocenters. The number of likely N-dealkylation sites (tertiary alicyclic amines) is 1. The van der Waals surface area contributed by atoms with Gasteiger partial charge in [0.05, 0.1) is 24.2 Å². The van der Waals surface area contributed by atoms with E-state index in [1.54, 1.807) is 11.6 Å². The van der Waals surface area contributed by atoms with Crippen molar-refractivity contribution in [1.29, 1.82) is 0 Å². The van der Waals surface area contributed by atoms with Crippen molar-refractivity contribution in [3.63, 3.8) is 0 Å². The Kier molecular flexibility index (Phi) is 6.17. The molecule has 1 N–H and O–H groups in total. The lowest BCUT2D eigenvalue weighted by Crippen LogP contribution is -2.40. The smallest absolute Gasteiger partial charge is 0.326 e. The van der Waals surface area contributed by atoms with Gasteiger partial charge < -0.3 is 14.6 Å². The van der Waals surface area contributed by atoms with Crippen LogP contribution >= 0.6 is 0 Å². The zero-order valence-electron chi connectivity index (χ0n) is 21.5. The molecule has 8 nitrogen and oxygen atoms in total. The fourth-order valence-electron chi connectivity index (χ4n) is 5.27. The Hall–Kier alpha value is -3.13. The molecule has 1 aromatic carbocycles. The third kappa shape index (κ3) is 4.59. The summed E-state index contributed by atoms with van der Waals surface area (Å²) in [6, 6.07) is 6.47. The van der Waals surface area contributed by atoms with Crippen molar-refractivity contribution >= 4 is 16.7 Å². The van der Waals surface area contributed by atoms with Crippen LogP contribution in [0.3, 0.4) is 0 Å². The molecule has 0 aliphatic carbocycles. The Labute approximate surface area is 205 Å². The van der Waals surface area contributed by atoms with Gasteiger partial charge in [-0.15, -0.1) is 0 Å². The number of aryl methyl sites for hydroxylation is 1. The van der Waals surface area contributed by atoms with E-state index >= 15 is 0 Å². The maximum absolute atomic E-state index is 13.2. The standard InChI is InChI=1S/C27H36N6O2/c1-6-18-12-23-22(14-21(18)19-13-24(35-5)25-28-17-29-32(25)15-19)30-26(34)33(23)20-8-7-10-31(16-20)11-9-27(2,3)4/h12-15,17,20H,6-11,16H2,1-5H3,(H,30,34)/t20-/m1/s1. The summed E-state index contributed by atoms with van der Waals surface area (Å²) >= 11 is 0. The second-order valence-corrected chi connectivity index (χ2v) is 10.9. The summed E-state index contributed by atoms with van der Waals surface area (Å²) in [5, 5.41) is 4.31. The van der Waals surface area contributed by atoms with E-state index in [2.05, 4.69) is 59.8 Å². The van der Waals surface area contributed by atoms with Crippen molar-refractivity contribution in [2.45, 2.75) is 59.4 Å². The largest absolute Gasteiger partial charge is 0.493 e. The summed E-state index contributed by atoms with van der Waals surface area (Å²) in [6.45, 7) is 12.1. The van der Waals surface area contributed by atoms with E-state index < -0.39 is 0 Å². The fraction of sp³-hybridized carbons (Fsp3) is 0.519. The third-order valence-electron chi connectivity index (χ3n) is 7.22. The molecule has 0 radical (unpaired) electrons. The summed E-state index contributed by atoms with van der Waals surface area (Å²) in [4.78, 5) is 23.2. The van der Waals surface area contributed by atoms with Crippen molar-refractivity contribution in [3.05, 3.63) is 46.8 Å². The number of pyridine rings is 1. The van der Waals surface area contributed by atoms with Gasteiger partial charge in [-0.25, -0.2) is 14.3 Å². The van der Waals surface area contributed by atoms with Gasteiger partial charge in [0.25, 0.3) is 0 Å². The molecule has 1 saturated heterocycles. The molecule has 0 bridgehead atoms. The van der Waals surface area contributed by atoms with Crippen LogP contribution in [0.25, 0.3) is 27.8 Å². The number of aromatic nitrogens is 5. The number of nitrogens with zero attached hydrogens (tertiary/aromatic N) is 5. The molecule has 186 valence electrons. The second kappa shape index (κ2) is 9.15. The second-order valence-electron chi connectivity index (χ2n) is 10.9. The first kappa shape index (κ1) is 23.6. The number of benzene rings is 1. The molecule has 4 heterocycles. The lowest BCUT2D eigenvalue weighted by Gasteiger charge is -2.35. The third-order valence-corrected chi connectivity index (χ3v) is 7.22. The van der Waals surface area contributed by atoms with Gasteiger partial charge >= 0.3 is 5.69 Å². The first-order valence-electron chi connectivity index (χ1n) is 12.6. The fourth-order valence-corrected chi connectivity index (χ4v) is 5.27. The quantitative estimate of drug-likeness (QED) is 0.437. The molecule has 3 aromatic heterocycles. The maximum Gasteiger partial charge on any atom is 0.326 e. The van der Waals surface area contributed by atoms with Crippen LogP contribution in [0.5, 0.6) is 5.75 Å². The number of hydrogen-bond acceptors (Lipinski definition) is 5. The predicted octanol–water partition coefficient (Wildman–Crippen LogP) is 4.68. The van der Waals surface area contributed by atoms with Crippen LogP contribution < -0.4 is 10.4 Å². The average molecular weight is 477 g/mol. The summed E-state index contributed by atoms with van der Waals surface area (Å²) in [6.07, 6.45) is 7.65. The number of rotatable bonds is 6. The summed E-state index contributed by atoms with van der Waals surface area (Å²) in [5.41, 5.74) is 6.08. The highest BCUT2D eigenvalue weighted by atomic mass is 16.5. The van der Waals surface area contributed by atoms with E-state index in [0.717, 1.165) is 67.5 Å². The molecule has 0 amide bonds. The van der Waals surface area contributed by atoms with Gasteiger partial charge in [0.1, 0.15) is 6.33 Å². The lowest BCUT2D eigenvalue weighted by atomic mass is 9.91. The molecular formula is C27H36N6O2. The summed E-state index contributed by atoms with van der Waals surface area (Å²) in [7, 11) is 1.64. The summed E-state index contributed by atoms with van der Waals surface area (Å²) < 4.78 is 9.31. The van der Waals surface area contributed by atoms with Crippen LogP contribution in [-0.4, -0.2) is 55.8 Å². The van der Waals surface area contributed by atoms with Crippen LogP contribution in [0.15, 0.2) is 35.5 Å². The van der Waals surface area contributed by atoms with Crippen molar-refractivity contribution in [1.82, 2.24) is 29.0 Å². The number of methoxy groups -OCH3 is 1. The number of ether oxygens (including phenoxy) is 1. The molecule has 8 heteroatoms. The number of fused-ring (bicyclic) bond motifs is 2. The number of aromatic amines is 1. The van der Waals surface area contributed by atoms with Crippen LogP contribution in [0, 0.1) is 5.41 Å². The minimum absolute atomic E-state index is 0.0221. The number of imidazole rings is 1. The zero-order valence-corrected chi connectivity index (χ0v) is 21.5. The number of piperidine rings is 1. The van der Waals surface area contributed by atoms with Gasteiger partial charge in [0.15, 0.2) is 11.4 Å². The van der Waals surface area contributed by atoms with E-state index in [4.69, 9.17) is 4.74 Å². The average Bonchev–Trinajstić information content (AvgIpc) is 3.44. The normalized spacial score (nSPS) is 17.5. The Balaban J connectivity index is 1.53. The van der Waals surface area contributed by atoms with Crippen molar-refractivity contribution in [2.24, 2.45) is 5.41 Å². The maximum atomic E-state index is 13.2. The van der Waals surface area contributed by atoms with Crippen LogP contribution in [-0.2, 0) is 6.42 Å². The van der Waals surface area contributed by atoms with Crippen LogP contribution in [0.1, 0.15) is 58.6 Å². The topological polar surface area (TPSA) is 80.5 Å². The van der Waals surface area contributed by atoms with Crippen molar-refractivity contribution in [3.8, 4) is 16.9 Å². The molecule has 35 heavy (non-hydrogen) atoms. The Morgan fingerprint density at radius 2 is 2.06 bits per heavy atom. The van der Waals surface area contributed by atoms with Gasteiger partial charge in [0, 0.05) is 18.3 Å². The molecule has 0 saturated carbocycles. The monoisotopic (exact) mass is 476 g/mol. The lowest BCUT2D eigenvalue weighted by molar-refractivity contribution is 0.157. The highest BCUT2D eigenvalue weighted by molar-refractivity contribution is 5.85. The van der Waals surface area contributed by atoms with E-state index in [-0.39, 0.29) is 11.7 Å². The first-order chi connectivity index (χ1) is 16.8. The van der Waals surface area contributed by atoms with Crippen LogP contribution in [0.2, 0.25) is 0 Å². The molecule has 1 aliphatic rings. The minimum Gasteiger partial charge on any atom is -0.493 e. The Morgan fingerprint density at radius 3 is 2.80 bits per heavy atom. The first-order valence-corrected chi connectivity index (χ1v) is 12.6. The van der Waals surface area contributed by atoms with Gasteiger partial charge in [-0.3, -0.25) is 4.57 Å². The van der Waals surface area contributed by atoms with E-state index in [1.807, 2.05) is 16.8 Å². The van der Waals surface area contributed by atoms with Crippen LogP contribution in [0.4, 0.5) is 0 Å². The minimum atomic E-state index is -0.0221. The van der Waals surface area contributed by atoms with Gasteiger partial charge in [-0.05, 0) is 73.5 Å². The molecule has 1 aliphatic heterocycles. The molecule has 5 rings (SSSR count). The van der Waals surface area contributed by atoms with Crippen molar-refractivity contribution < 1.29 is 4.74 Å². The highest BCUT2D eigenvalue weighted by Gasteiger charge is 2.26. The predicted molar refractivity (Wildman–Crippen MR) is 139 cm³/mol. The molecule has 0 unspecified atom stereocenters. The molecule has 0 spiro atoms. The Bertz CT molecular complexity index is 1410. The van der Waals surface area contributed by atoms with E-state index in [9.17, 15) is 4.79 Å². The van der Waals surface area contributed by atoms with Gasteiger partial charge in [0.2, 0.25) is 0 Å². The highest BCUT2D eigenvalue weighted by Crippen LogP contribution is 2.33. The Morgan fingerprint density at radius 1 is 1.23 bits per heavy atom. The van der Waals surface area contributed by atoms with E-state index in [0.29, 0.717) is 16.8 Å².